The summed E-state index contributed by atoms with van der Waals surface area (Å²) >= 11 is 0. The lowest BCUT2D eigenvalue weighted by Crippen LogP contribution is -2.40. The molecule has 1 aromatic heterocycles. The first kappa shape index (κ1) is 21.0. The molecule has 1 aliphatic rings. The van der Waals surface area contributed by atoms with Gasteiger partial charge in [0.15, 0.2) is 0 Å². The summed E-state index contributed by atoms with van der Waals surface area (Å²) < 4.78 is 15.9. The lowest BCUT2D eigenvalue weighted by molar-refractivity contribution is 0.142. The van der Waals surface area contributed by atoms with E-state index in [9.17, 15) is 4.39 Å². The zero-order chi connectivity index (χ0) is 19.9. The molecule has 1 fully saturated rings. The molecule has 0 amide bonds. The second-order valence-corrected chi connectivity index (χ2v) is 8.35. The normalized spacial score (nSPS) is 18.1. The van der Waals surface area contributed by atoms with Crippen LogP contribution >= 0.6 is 0 Å². The van der Waals surface area contributed by atoms with Crippen molar-refractivity contribution in [3.05, 3.63) is 53.1 Å². The molecule has 0 bridgehead atoms. The van der Waals surface area contributed by atoms with E-state index in [1.54, 1.807) is 12.1 Å². The van der Waals surface area contributed by atoms with E-state index in [4.69, 9.17) is 0 Å². The fourth-order valence-corrected chi connectivity index (χ4v) is 4.34. The number of piperidine rings is 1. The summed E-state index contributed by atoms with van der Waals surface area (Å²) in [5, 5.41) is 4.62. The maximum absolute atomic E-state index is 13.9. The van der Waals surface area contributed by atoms with E-state index in [2.05, 4.69) is 46.7 Å². The molecular formula is C23H35FN4. The van der Waals surface area contributed by atoms with Crippen molar-refractivity contribution in [3.63, 3.8) is 0 Å². The Hall–Kier alpha value is -1.72. The molecule has 5 heteroatoms. The summed E-state index contributed by atoms with van der Waals surface area (Å²) in [6.07, 6.45) is 6.64. The molecule has 1 aromatic carbocycles. The molecule has 4 nitrogen and oxygen atoms in total. The van der Waals surface area contributed by atoms with E-state index in [1.165, 1.54) is 18.4 Å². The monoisotopic (exact) mass is 386 g/mol. The van der Waals surface area contributed by atoms with Crippen LogP contribution in [0.3, 0.4) is 0 Å². The Bertz CT molecular complexity index is 742. The summed E-state index contributed by atoms with van der Waals surface area (Å²) in [4.78, 5) is 4.95. The third-order valence-corrected chi connectivity index (χ3v) is 5.77. The maximum Gasteiger partial charge on any atom is 0.126 e. The van der Waals surface area contributed by atoms with Gasteiger partial charge in [0.05, 0.1) is 5.69 Å². The fourth-order valence-electron chi connectivity index (χ4n) is 4.34. The second-order valence-electron chi connectivity index (χ2n) is 8.35. The number of halogens is 1. The summed E-state index contributed by atoms with van der Waals surface area (Å²) in [5.74, 6) is 0.611. The Labute approximate surface area is 169 Å². The number of aryl methyl sites for hydroxylation is 2. The molecule has 0 unspecified atom stereocenters. The minimum atomic E-state index is -0.0743. The van der Waals surface area contributed by atoms with Crippen molar-refractivity contribution >= 4 is 0 Å². The van der Waals surface area contributed by atoms with Crippen LogP contribution in [0.1, 0.15) is 43.0 Å². The van der Waals surface area contributed by atoms with Crippen molar-refractivity contribution < 1.29 is 4.39 Å². The number of nitrogens with zero attached hydrogens (tertiary/aromatic N) is 4. The van der Waals surface area contributed by atoms with Gasteiger partial charge in [-0.3, -0.25) is 4.68 Å². The van der Waals surface area contributed by atoms with Crippen molar-refractivity contribution in [3.8, 4) is 0 Å². The van der Waals surface area contributed by atoms with Gasteiger partial charge in [-0.25, -0.2) is 4.39 Å². The Balaban J connectivity index is 1.47. The van der Waals surface area contributed by atoms with Crippen LogP contribution < -0.4 is 0 Å². The van der Waals surface area contributed by atoms with Gasteiger partial charge in [0.2, 0.25) is 0 Å². The van der Waals surface area contributed by atoms with Crippen LogP contribution in [0, 0.1) is 18.7 Å². The van der Waals surface area contributed by atoms with Gasteiger partial charge in [-0.1, -0.05) is 25.1 Å². The minimum absolute atomic E-state index is 0.0743. The lowest BCUT2D eigenvalue weighted by Gasteiger charge is -2.34. The Kier molecular flexibility index (Phi) is 7.63. The average molecular weight is 387 g/mol. The number of benzene rings is 1. The minimum Gasteiger partial charge on any atom is -0.303 e. The van der Waals surface area contributed by atoms with E-state index in [0.717, 1.165) is 63.4 Å². The van der Waals surface area contributed by atoms with Gasteiger partial charge in [-0.2, -0.15) is 5.10 Å². The number of rotatable bonds is 9. The molecule has 28 heavy (non-hydrogen) atoms. The largest absolute Gasteiger partial charge is 0.303 e. The van der Waals surface area contributed by atoms with Gasteiger partial charge in [0, 0.05) is 44.5 Å². The van der Waals surface area contributed by atoms with Gasteiger partial charge in [-0.15, -0.1) is 0 Å². The first-order chi connectivity index (χ1) is 13.5. The van der Waals surface area contributed by atoms with Crippen LogP contribution in [0.5, 0.6) is 0 Å². The quantitative estimate of drug-likeness (QED) is 0.648. The van der Waals surface area contributed by atoms with Gasteiger partial charge >= 0.3 is 0 Å². The zero-order valence-corrected chi connectivity index (χ0v) is 17.7. The van der Waals surface area contributed by atoms with Crippen LogP contribution in [0.4, 0.5) is 4.39 Å². The van der Waals surface area contributed by atoms with Gasteiger partial charge in [0.1, 0.15) is 5.82 Å². The highest BCUT2D eigenvalue weighted by atomic mass is 19.1. The predicted molar refractivity (Wildman–Crippen MR) is 113 cm³/mol. The maximum atomic E-state index is 13.9. The van der Waals surface area contributed by atoms with Crippen molar-refractivity contribution in [2.45, 2.75) is 52.6 Å². The van der Waals surface area contributed by atoms with Gasteiger partial charge < -0.3 is 9.80 Å². The van der Waals surface area contributed by atoms with Crippen LogP contribution in [0.2, 0.25) is 0 Å². The first-order valence-electron chi connectivity index (χ1n) is 10.7. The van der Waals surface area contributed by atoms with Crippen LogP contribution in [-0.4, -0.2) is 52.8 Å². The molecule has 1 saturated heterocycles. The van der Waals surface area contributed by atoms with E-state index < -0.39 is 0 Å². The molecule has 0 aliphatic carbocycles. The summed E-state index contributed by atoms with van der Waals surface area (Å²) in [5.41, 5.74) is 3.32. The molecule has 154 valence electrons. The molecule has 1 aliphatic heterocycles. The van der Waals surface area contributed by atoms with Crippen molar-refractivity contribution in [2.75, 3.05) is 33.2 Å². The molecular weight excluding hydrogens is 351 g/mol. The van der Waals surface area contributed by atoms with E-state index >= 15 is 0 Å². The fraction of sp³-hybridized carbons (Fsp3) is 0.609. The first-order valence-corrected chi connectivity index (χ1v) is 10.7. The lowest BCUT2D eigenvalue weighted by atomic mass is 9.97. The molecule has 0 spiro atoms. The van der Waals surface area contributed by atoms with Crippen molar-refractivity contribution in [1.82, 2.24) is 19.6 Å². The number of hydrogen-bond acceptors (Lipinski definition) is 3. The predicted octanol–water partition coefficient (Wildman–Crippen LogP) is 4.13. The molecule has 0 N–H and O–H groups in total. The Morgan fingerprint density at radius 2 is 2.04 bits per heavy atom. The third kappa shape index (κ3) is 5.89. The molecule has 2 heterocycles. The number of likely N-dealkylation sites (tertiary alicyclic amines) is 1. The molecule has 0 radical (unpaired) electrons. The highest BCUT2D eigenvalue weighted by Crippen LogP contribution is 2.19. The van der Waals surface area contributed by atoms with E-state index in [1.807, 2.05) is 12.1 Å². The highest BCUT2D eigenvalue weighted by Gasteiger charge is 2.21. The van der Waals surface area contributed by atoms with Crippen molar-refractivity contribution in [2.24, 2.45) is 5.92 Å². The van der Waals surface area contributed by atoms with Gasteiger partial charge in [-0.05, 0) is 63.7 Å². The SMILES string of the molecule is CCCn1cc(CN(C)C[C@@H]2CCCN(CCc3ccccc3F)C2)c(C)n1. The topological polar surface area (TPSA) is 24.3 Å². The molecule has 1 atom stereocenters. The zero-order valence-electron chi connectivity index (χ0n) is 17.7. The molecule has 2 aromatic rings. The summed E-state index contributed by atoms with van der Waals surface area (Å²) in [6.45, 7) is 10.6. The third-order valence-electron chi connectivity index (χ3n) is 5.77. The molecule has 0 saturated carbocycles. The van der Waals surface area contributed by atoms with Crippen molar-refractivity contribution in [1.29, 1.82) is 0 Å². The summed E-state index contributed by atoms with van der Waals surface area (Å²) in [7, 11) is 2.22. The van der Waals surface area contributed by atoms with Gasteiger partial charge in [0.25, 0.3) is 0 Å². The standard InChI is InChI=1S/C23H35FN4/c1-4-12-28-18-22(19(2)25-28)17-26(3)15-20-8-7-13-27(16-20)14-11-21-9-5-6-10-23(21)24/h5-6,9-10,18,20H,4,7-8,11-17H2,1-3H3/t20-/m0/s1. The number of hydrogen-bond donors (Lipinski definition) is 0. The average Bonchev–Trinajstić information content (AvgIpc) is 3.00. The second kappa shape index (κ2) is 10.2. The van der Waals surface area contributed by atoms with E-state index in [-0.39, 0.29) is 5.82 Å². The van der Waals surface area contributed by atoms with Crippen LogP contribution in [-0.2, 0) is 19.5 Å². The summed E-state index contributed by atoms with van der Waals surface area (Å²) in [6, 6.07) is 7.16. The highest BCUT2D eigenvalue weighted by molar-refractivity contribution is 5.17. The van der Waals surface area contributed by atoms with Crippen LogP contribution in [0.25, 0.3) is 0 Å². The van der Waals surface area contributed by atoms with E-state index in [0.29, 0.717) is 5.92 Å². The number of aromatic nitrogens is 2. The Morgan fingerprint density at radius 1 is 1.21 bits per heavy atom. The van der Waals surface area contributed by atoms with Crippen LogP contribution in [0.15, 0.2) is 30.5 Å². The smallest absolute Gasteiger partial charge is 0.126 e. The molecule has 3 rings (SSSR count). The Morgan fingerprint density at radius 3 is 2.82 bits per heavy atom.